The number of terminal acetylenes is 1. The summed E-state index contributed by atoms with van der Waals surface area (Å²) in [7, 11) is 0. The maximum absolute atomic E-state index is 11.7. The highest BCUT2D eigenvalue weighted by atomic mass is 16.4. The van der Waals surface area contributed by atoms with E-state index in [1.54, 1.807) is 6.92 Å². The van der Waals surface area contributed by atoms with Crippen LogP contribution in [-0.4, -0.2) is 37.8 Å². The monoisotopic (exact) mass is 236 g/mol. The summed E-state index contributed by atoms with van der Waals surface area (Å²) in [6.07, 6.45) is 7.62. The third-order valence-electron chi connectivity index (χ3n) is 2.15. The Kier molecular flexibility index (Phi) is 4.22. The first-order valence-corrected chi connectivity index (χ1v) is 4.87. The smallest absolute Gasteiger partial charge is 0.327 e. The number of nitrogens with one attached hydrogen (secondary N) is 1. The van der Waals surface area contributed by atoms with Crippen molar-refractivity contribution in [1.82, 2.24) is 20.1 Å². The summed E-state index contributed by atoms with van der Waals surface area (Å²) in [6.45, 7) is 1.58. The van der Waals surface area contributed by atoms with E-state index in [4.69, 9.17) is 11.5 Å². The van der Waals surface area contributed by atoms with Gasteiger partial charge in [0.25, 0.3) is 0 Å². The lowest BCUT2D eigenvalue weighted by Crippen LogP contribution is -2.43. The van der Waals surface area contributed by atoms with E-state index in [-0.39, 0.29) is 6.42 Å². The van der Waals surface area contributed by atoms with Crippen LogP contribution in [-0.2, 0) is 9.59 Å². The molecule has 1 aromatic rings. The van der Waals surface area contributed by atoms with Gasteiger partial charge in [-0.05, 0) is 6.92 Å². The standard InChI is InChI=1S/C10H12N4O3/c1-3-4-8(10(16)17)13-9(15)7(2)14-6-11-5-12-14/h1,5-8H,4H2,2H3,(H,13,15)(H,16,17). The van der Waals surface area contributed by atoms with Crippen LogP contribution >= 0.6 is 0 Å². The van der Waals surface area contributed by atoms with Crippen molar-refractivity contribution in [3.05, 3.63) is 12.7 Å². The van der Waals surface area contributed by atoms with Gasteiger partial charge < -0.3 is 10.4 Å². The van der Waals surface area contributed by atoms with E-state index in [0.29, 0.717) is 0 Å². The number of aliphatic carboxylic acids is 1. The second-order valence-corrected chi connectivity index (χ2v) is 3.36. The zero-order chi connectivity index (χ0) is 12.8. The highest BCUT2D eigenvalue weighted by Gasteiger charge is 2.23. The Balaban J connectivity index is 2.65. The molecule has 0 saturated carbocycles. The Morgan fingerprint density at radius 3 is 2.82 bits per heavy atom. The maximum Gasteiger partial charge on any atom is 0.327 e. The number of nitrogens with zero attached hydrogens (tertiary/aromatic N) is 3. The summed E-state index contributed by atoms with van der Waals surface area (Å²) in [5, 5.41) is 14.9. The number of carboxylic acid groups (broad SMARTS) is 1. The molecule has 7 heteroatoms. The molecule has 0 radical (unpaired) electrons. The minimum absolute atomic E-state index is 0.0643. The van der Waals surface area contributed by atoms with Gasteiger partial charge in [-0.25, -0.2) is 14.5 Å². The van der Waals surface area contributed by atoms with Crippen LogP contribution in [0.3, 0.4) is 0 Å². The molecule has 1 aromatic heterocycles. The lowest BCUT2D eigenvalue weighted by atomic mass is 10.2. The van der Waals surface area contributed by atoms with E-state index in [9.17, 15) is 9.59 Å². The molecule has 0 aliphatic heterocycles. The van der Waals surface area contributed by atoms with Gasteiger partial charge >= 0.3 is 5.97 Å². The van der Waals surface area contributed by atoms with Crippen molar-refractivity contribution in [2.24, 2.45) is 0 Å². The first-order valence-electron chi connectivity index (χ1n) is 4.87. The summed E-state index contributed by atoms with van der Waals surface area (Å²) in [5.74, 6) is 0.559. The van der Waals surface area contributed by atoms with E-state index in [2.05, 4.69) is 21.3 Å². The van der Waals surface area contributed by atoms with Gasteiger partial charge in [-0.1, -0.05) is 0 Å². The molecular weight excluding hydrogens is 224 g/mol. The number of hydrogen-bond acceptors (Lipinski definition) is 4. The molecule has 7 nitrogen and oxygen atoms in total. The fraction of sp³-hybridized carbons (Fsp3) is 0.400. The third kappa shape index (κ3) is 3.31. The van der Waals surface area contributed by atoms with Crippen molar-refractivity contribution in [3.63, 3.8) is 0 Å². The van der Waals surface area contributed by atoms with Gasteiger partial charge in [0.1, 0.15) is 24.7 Å². The molecule has 0 saturated heterocycles. The molecule has 0 spiro atoms. The maximum atomic E-state index is 11.7. The van der Waals surface area contributed by atoms with Gasteiger partial charge in [-0.3, -0.25) is 4.79 Å². The minimum Gasteiger partial charge on any atom is -0.480 e. The molecule has 1 amide bonds. The zero-order valence-corrected chi connectivity index (χ0v) is 9.20. The molecule has 1 heterocycles. The predicted molar refractivity (Wildman–Crippen MR) is 57.7 cm³/mol. The molecule has 90 valence electrons. The van der Waals surface area contributed by atoms with E-state index >= 15 is 0 Å². The van der Waals surface area contributed by atoms with Crippen molar-refractivity contribution in [3.8, 4) is 12.3 Å². The van der Waals surface area contributed by atoms with Gasteiger partial charge in [0.2, 0.25) is 5.91 Å². The number of hydrogen-bond donors (Lipinski definition) is 2. The van der Waals surface area contributed by atoms with Crippen molar-refractivity contribution in [2.45, 2.75) is 25.4 Å². The second-order valence-electron chi connectivity index (χ2n) is 3.36. The number of carbonyl (C=O) groups is 2. The van der Waals surface area contributed by atoms with Gasteiger partial charge in [-0.2, -0.15) is 5.10 Å². The molecular formula is C10H12N4O3. The van der Waals surface area contributed by atoms with Gasteiger partial charge in [0, 0.05) is 6.42 Å². The number of carboxylic acids is 1. The van der Waals surface area contributed by atoms with Crippen molar-refractivity contribution >= 4 is 11.9 Å². The summed E-state index contributed by atoms with van der Waals surface area (Å²) >= 11 is 0. The van der Waals surface area contributed by atoms with Crippen LogP contribution < -0.4 is 5.32 Å². The highest BCUT2D eigenvalue weighted by molar-refractivity contribution is 5.85. The lowest BCUT2D eigenvalue weighted by molar-refractivity contribution is -0.142. The van der Waals surface area contributed by atoms with Crippen LogP contribution in [0, 0.1) is 12.3 Å². The first kappa shape index (κ1) is 12.7. The molecule has 2 atom stereocenters. The summed E-state index contributed by atoms with van der Waals surface area (Å²) in [6, 6.07) is -1.73. The average Bonchev–Trinajstić information content (AvgIpc) is 2.80. The molecule has 1 rings (SSSR count). The predicted octanol–water partition coefficient (Wildman–Crippen LogP) is -0.568. The highest BCUT2D eigenvalue weighted by Crippen LogP contribution is 2.03. The SMILES string of the molecule is C#CCC(NC(=O)C(C)n1cncn1)C(=O)O. The molecule has 0 aliphatic rings. The van der Waals surface area contributed by atoms with Gasteiger partial charge in [-0.15, -0.1) is 12.3 Å². The number of aromatic nitrogens is 3. The molecule has 2 unspecified atom stereocenters. The fourth-order valence-corrected chi connectivity index (χ4v) is 1.15. The van der Waals surface area contributed by atoms with Crippen LogP contribution in [0.2, 0.25) is 0 Å². The van der Waals surface area contributed by atoms with Crippen LogP contribution in [0.5, 0.6) is 0 Å². The van der Waals surface area contributed by atoms with Crippen LogP contribution in [0.1, 0.15) is 19.4 Å². The largest absolute Gasteiger partial charge is 0.480 e. The van der Waals surface area contributed by atoms with Crippen molar-refractivity contribution < 1.29 is 14.7 Å². The second kappa shape index (κ2) is 5.65. The van der Waals surface area contributed by atoms with E-state index < -0.39 is 24.0 Å². The fourth-order valence-electron chi connectivity index (χ4n) is 1.15. The van der Waals surface area contributed by atoms with E-state index in [1.165, 1.54) is 17.3 Å². The minimum atomic E-state index is -1.16. The number of carbonyl (C=O) groups excluding carboxylic acids is 1. The van der Waals surface area contributed by atoms with E-state index in [1.807, 2.05) is 0 Å². The summed E-state index contributed by atoms with van der Waals surface area (Å²) < 4.78 is 1.32. The summed E-state index contributed by atoms with van der Waals surface area (Å²) in [5.41, 5.74) is 0. The molecule has 0 aromatic carbocycles. The first-order chi connectivity index (χ1) is 8.06. The average molecular weight is 236 g/mol. The van der Waals surface area contributed by atoms with Crippen LogP contribution in [0.15, 0.2) is 12.7 Å². The van der Waals surface area contributed by atoms with Gasteiger partial charge in [0.05, 0.1) is 0 Å². The summed E-state index contributed by atoms with van der Waals surface area (Å²) in [4.78, 5) is 26.2. The zero-order valence-electron chi connectivity index (χ0n) is 9.20. The molecule has 2 N–H and O–H groups in total. The van der Waals surface area contributed by atoms with Gasteiger partial charge in [0.15, 0.2) is 0 Å². The number of amides is 1. The Hall–Kier alpha value is -2.36. The molecule has 0 bridgehead atoms. The number of rotatable bonds is 5. The Labute approximate surface area is 97.8 Å². The topological polar surface area (TPSA) is 97.1 Å². The van der Waals surface area contributed by atoms with Crippen molar-refractivity contribution in [2.75, 3.05) is 0 Å². The Bertz CT molecular complexity index is 435. The molecule has 0 fully saturated rings. The quantitative estimate of drug-likeness (QED) is 0.667. The Morgan fingerprint density at radius 1 is 1.65 bits per heavy atom. The van der Waals surface area contributed by atoms with Crippen LogP contribution in [0.25, 0.3) is 0 Å². The lowest BCUT2D eigenvalue weighted by Gasteiger charge is -2.15. The van der Waals surface area contributed by atoms with E-state index in [0.717, 1.165) is 0 Å². The third-order valence-corrected chi connectivity index (χ3v) is 2.15. The Morgan fingerprint density at radius 2 is 2.35 bits per heavy atom. The molecule has 17 heavy (non-hydrogen) atoms. The van der Waals surface area contributed by atoms with Crippen LogP contribution in [0.4, 0.5) is 0 Å². The molecule has 0 aliphatic carbocycles. The van der Waals surface area contributed by atoms with Crippen molar-refractivity contribution in [1.29, 1.82) is 0 Å². The normalized spacial score (nSPS) is 13.4.